The Morgan fingerprint density at radius 3 is 3.04 bits per heavy atom. The Balaban J connectivity index is 1.25. The van der Waals surface area contributed by atoms with Gasteiger partial charge in [0.2, 0.25) is 0 Å². The van der Waals surface area contributed by atoms with Crippen molar-refractivity contribution in [3.63, 3.8) is 0 Å². The molecule has 2 fully saturated rings. The van der Waals surface area contributed by atoms with Gasteiger partial charge in [0.25, 0.3) is 0 Å². The molecule has 0 radical (unpaired) electrons. The minimum atomic E-state index is 0.282. The second-order valence-electron chi connectivity index (χ2n) is 8.48. The van der Waals surface area contributed by atoms with Crippen molar-refractivity contribution in [2.75, 3.05) is 19.8 Å². The van der Waals surface area contributed by atoms with Gasteiger partial charge in [-0.15, -0.1) is 0 Å². The number of hydrogen-bond acceptors (Lipinski definition) is 5. The van der Waals surface area contributed by atoms with E-state index in [1.807, 2.05) is 6.21 Å². The van der Waals surface area contributed by atoms with Crippen LogP contribution in [0.15, 0.2) is 40.6 Å². The van der Waals surface area contributed by atoms with E-state index in [9.17, 15) is 0 Å². The number of aliphatic imine (C=N–C) groups is 1. The Bertz CT molecular complexity index is 652. The van der Waals surface area contributed by atoms with Crippen molar-refractivity contribution >= 4 is 6.21 Å². The summed E-state index contributed by atoms with van der Waals surface area (Å²) in [6, 6.07) is 1.12. The van der Waals surface area contributed by atoms with Crippen LogP contribution in [0.3, 0.4) is 0 Å². The highest BCUT2D eigenvalue weighted by atomic mass is 16.6. The first-order valence-corrected chi connectivity index (χ1v) is 10.7. The lowest BCUT2D eigenvalue weighted by molar-refractivity contribution is 0.0792. The number of piperidine rings is 1. The average Bonchev–Trinajstić information content (AvgIpc) is 3.18. The molecule has 0 bridgehead atoms. The number of rotatable bonds is 7. The largest absolute Gasteiger partial charge is 0.387 e. The van der Waals surface area contributed by atoms with Gasteiger partial charge in [-0.1, -0.05) is 23.8 Å². The first kappa shape index (κ1) is 17.7. The summed E-state index contributed by atoms with van der Waals surface area (Å²) in [5, 5.41) is 7.48. The van der Waals surface area contributed by atoms with E-state index >= 15 is 0 Å². The van der Waals surface area contributed by atoms with Crippen molar-refractivity contribution in [3.05, 3.63) is 35.6 Å². The third-order valence-corrected chi connectivity index (χ3v) is 6.57. The van der Waals surface area contributed by atoms with E-state index in [-0.39, 0.29) is 6.04 Å². The molecule has 0 aromatic rings. The van der Waals surface area contributed by atoms with Crippen LogP contribution in [0.4, 0.5) is 0 Å². The number of nitrogens with one attached hydrogen (secondary N) is 2. The summed E-state index contributed by atoms with van der Waals surface area (Å²) >= 11 is 0. The van der Waals surface area contributed by atoms with Gasteiger partial charge in [0.15, 0.2) is 0 Å². The molecule has 2 saturated heterocycles. The molecule has 5 unspecified atom stereocenters. The minimum Gasteiger partial charge on any atom is -0.387 e. The number of epoxide rings is 1. The minimum absolute atomic E-state index is 0.282. The summed E-state index contributed by atoms with van der Waals surface area (Å²) < 4.78 is 11.4. The van der Waals surface area contributed by atoms with Crippen molar-refractivity contribution in [2.24, 2.45) is 10.9 Å². The molecule has 6 atom stereocenters. The fraction of sp³-hybridized carbons (Fsp3) is 0.682. The summed E-state index contributed by atoms with van der Waals surface area (Å²) in [5.74, 6) is 0.633. The van der Waals surface area contributed by atoms with E-state index in [0.717, 1.165) is 39.0 Å². The molecule has 5 aliphatic rings. The monoisotopic (exact) mass is 369 g/mol. The third-order valence-electron chi connectivity index (χ3n) is 6.57. The van der Waals surface area contributed by atoms with Crippen LogP contribution >= 0.6 is 0 Å². The van der Waals surface area contributed by atoms with Gasteiger partial charge in [-0.05, 0) is 50.5 Å². The van der Waals surface area contributed by atoms with Gasteiger partial charge < -0.3 is 20.1 Å². The normalized spacial score (nSPS) is 40.1. The summed E-state index contributed by atoms with van der Waals surface area (Å²) in [7, 11) is 0. The zero-order chi connectivity index (χ0) is 18.1. The second kappa shape index (κ2) is 7.90. The summed E-state index contributed by atoms with van der Waals surface area (Å²) in [6.45, 7) is 2.83. The Morgan fingerprint density at radius 1 is 1.30 bits per heavy atom. The predicted molar refractivity (Wildman–Crippen MR) is 107 cm³/mol. The van der Waals surface area contributed by atoms with E-state index < -0.39 is 0 Å². The molecular formula is C22H31N3O2. The van der Waals surface area contributed by atoms with Gasteiger partial charge in [-0.2, -0.15) is 0 Å². The Morgan fingerprint density at radius 2 is 2.26 bits per heavy atom. The average molecular weight is 370 g/mol. The topological polar surface area (TPSA) is 58.2 Å². The Kier molecular flexibility index (Phi) is 5.16. The molecule has 2 N–H and O–H groups in total. The maximum absolute atomic E-state index is 6.10. The summed E-state index contributed by atoms with van der Waals surface area (Å²) in [4.78, 5) is 4.66. The fourth-order valence-electron chi connectivity index (χ4n) is 4.99. The van der Waals surface area contributed by atoms with E-state index in [0.29, 0.717) is 30.2 Å². The third kappa shape index (κ3) is 4.20. The molecule has 0 amide bonds. The molecule has 146 valence electrons. The molecule has 4 aliphatic heterocycles. The van der Waals surface area contributed by atoms with Gasteiger partial charge in [0, 0.05) is 37.1 Å². The van der Waals surface area contributed by atoms with Crippen LogP contribution in [0.25, 0.3) is 0 Å². The zero-order valence-corrected chi connectivity index (χ0v) is 16.0. The molecule has 1 aliphatic carbocycles. The van der Waals surface area contributed by atoms with Crippen molar-refractivity contribution in [1.29, 1.82) is 0 Å². The van der Waals surface area contributed by atoms with Crippen molar-refractivity contribution in [2.45, 2.75) is 68.9 Å². The first-order chi connectivity index (χ1) is 13.3. The number of nitrogens with zero attached hydrogens (tertiary/aromatic N) is 1. The van der Waals surface area contributed by atoms with E-state index in [4.69, 9.17) is 9.47 Å². The molecule has 0 spiro atoms. The lowest BCUT2D eigenvalue weighted by Crippen LogP contribution is -2.52. The maximum atomic E-state index is 6.10. The predicted octanol–water partition coefficient (Wildman–Crippen LogP) is 2.50. The van der Waals surface area contributed by atoms with Crippen LogP contribution in [0.5, 0.6) is 0 Å². The first-order valence-electron chi connectivity index (χ1n) is 10.7. The van der Waals surface area contributed by atoms with E-state index in [2.05, 4.69) is 39.9 Å². The Hall–Kier alpha value is -1.43. The van der Waals surface area contributed by atoms with Crippen LogP contribution in [0, 0.1) is 5.92 Å². The van der Waals surface area contributed by atoms with Crippen molar-refractivity contribution in [3.8, 4) is 0 Å². The van der Waals surface area contributed by atoms with E-state index in [1.54, 1.807) is 5.57 Å². The number of hydrogen-bond donors (Lipinski definition) is 2. The molecule has 5 nitrogen and oxygen atoms in total. The number of allylic oxidation sites excluding steroid dienone is 2. The SMILES string of the molecule is C1=CC(C2CC(C3=C[C@H](OCCC4CO4)CC3)CC(C3=CCCN3)N2)N=C1. The molecule has 5 heteroatoms. The molecular weight excluding hydrogens is 338 g/mol. The molecule has 27 heavy (non-hydrogen) atoms. The van der Waals surface area contributed by atoms with Crippen LogP contribution in [-0.4, -0.2) is 56.3 Å². The van der Waals surface area contributed by atoms with Gasteiger partial charge >= 0.3 is 0 Å². The van der Waals surface area contributed by atoms with Crippen molar-refractivity contribution in [1.82, 2.24) is 10.6 Å². The maximum Gasteiger partial charge on any atom is 0.0836 e. The second-order valence-corrected chi connectivity index (χ2v) is 8.48. The summed E-state index contributed by atoms with van der Waals surface area (Å²) in [6.07, 6.45) is 18.7. The van der Waals surface area contributed by atoms with E-state index in [1.165, 1.54) is 25.0 Å². The van der Waals surface area contributed by atoms with Gasteiger partial charge in [0.05, 0.1) is 24.9 Å². The molecule has 4 heterocycles. The van der Waals surface area contributed by atoms with Gasteiger partial charge in [-0.3, -0.25) is 4.99 Å². The standard InChI is InChI=1S/C22H31N3O2/c1-3-19(23-8-1)21-12-16(13-22(25-21)20-4-2-9-24-20)15-5-6-17(11-15)26-10-7-18-14-27-18/h1,3-4,8,11,16-19,21-22,24-25H,2,5-7,9-10,12-14H2/t16?,17-,18?,19?,21?,22?/m1/s1. The fourth-order valence-corrected chi connectivity index (χ4v) is 4.99. The summed E-state index contributed by atoms with van der Waals surface area (Å²) in [5.41, 5.74) is 3.01. The van der Waals surface area contributed by atoms with Crippen LogP contribution < -0.4 is 10.6 Å². The smallest absolute Gasteiger partial charge is 0.0836 e. The highest BCUT2D eigenvalue weighted by Gasteiger charge is 2.37. The van der Waals surface area contributed by atoms with Gasteiger partial charge in [0.1, 0.15) is 0 Å². The molecule has 5 rings (SSSR count). The van der Waals surface area contributed by atoms with Crippen LogP contribution in [0.2, 0.25) is 0 Å². The number of ether oxygens (including phenoxy) is 2. The lowest BCUT2D eigenvalue weighted by Gasteiger charge is -2.39. The molecule has 0 aromatic carbocycles. The lowest BCUT2D eigenvalue weighted by atomic mass is 9.79. The highest BCUT2D eigenvalue weighted by Crippen LogP contribution is 2.37. The Labute approximate surface area is 162 Å². The van der Waals surface area contributed by atoms with Crippen molar-refractivity contribution < 1.29 is 9.47 Å². The highest BCUT2D eigenvalue weighted by molar-refractivity contribution is 5.74. The zero-order valence-electron chi connectivity index (χ0n) is 16.0. The molecule has 0 saturated carbocycles. The van der Waals surface area contributed by atoms with Gasteiger partial charge in [-0.25, -0.2) is 0 Å². The van der Waals surface area contributed by atoms with Crippen LogP contribution in [-0.2, 0) is 9.47 Å². The molecule has 0 aromatic heterocycles. The quantitative estimate of drug-likeness (QED) is 0.535. The van der Waals surface area contributed by atoms with Crippen LogP contribution in [0.1, 0.15) is 38.5 Å².